The van der Waals surface area contributed by atoms with Crippen molar-refractivity contribution in [1.82, 2.24) is 10.0 Å². The van der Waals surface area contributed by atoms with E-state index in [0.717, 1.165) is 0 Å². The fourth-order valence-corrected chi connectivity index (χ4v) is 1.40. The number of amides is 1. The Morgan fingerprint density at radius 1 is 1.58 bits per heavy atom. The normalized spacial score (nSPS) is 18.4. The number of sulfonamides is 1. The summed E-state index contributed by atoms with van der Waals surface area (Å²) in [7, 11) is -3.37. The first kappa shape index (κ1) is 9.47. The summed E-state index contributed by atoms with van der Waals surface area (Å²) in [4.78, 5) is 11.1. The molecular weight excluding hydrogens is 180 g/mol. The lowest BCUT2D eigenvalue weighted by Crippen LogP contribution is -2.52. The second kappa shape index (κ2) is 3.40. The molecule has 12 heavy (non-hydrogen) atoms. The summed E-state index contributed by atoms with van der Waals surface area (Å²) < 4.78 is 23.8. The topological polar surface area (TPSA) is 75.3 Å². The number of nitrogens with one attached hydrogen (secondary N) is 2. The predicted molar refractivity (Wildman–Crippen MR) is 44.0 cm³/mol. The molecule has 0 aromatic carbocycles. The Morgan fingerprint density at radius 3 is 2.50 bits per heavy atom. The lowest BCUT2D eigenvalue weighted by atomic mass is 10.0. The van der Waals surface area contributed by atoms with E-state index in [4.69, 9.17) is 0 Å². The van der Waals surface area contributed by atoms with E-state index in [9.17, 15) is 13.2 Å². The van der Waals surface area contributed by atoms with Gasteiger partial charge in [0, 0.05) is 13.1 Å². The van der Waals surface area contributed by atoms with Crippen molar-refractivity contribution >= 4 is 15.9 Å². The van der Waals surface area contributed by atoms with Gasteiger partial charge in [0.05, 0.1) is 11.7 Å². The summed E-state index contributed by atoms with van der Waals surface area (Å²) in [6, 6.07) is 0. The van der Waals surface area contributed by atoms with Crippen molar-refractivity contribution in [3.8, 4) is 0 Å². The zero-order valence-electron chi connectivity index (χ0n) is 6.83. The van der Waals surface area contributed by atoms with Gasteiger partial charge in [0.2, 0.25) is 15.9 Å². The number of carbonyl (C=O) groups excluding carboxylic acids is 1. The molecule has 6 heteroatoms. The van der Waals surface area contributed by atoms with E-state index < -0.39 is 15.9 Å². The van der Waals surface area contributed by atoms with E-state index in [1.807, 2.05) is 4.72 Å². The van der Waals surface area contributed by atoms with E-state index in [0.29, 0.717) is 13.1 Å². The second-order valence-electron chi connectivity index (χ2n) is 2.72. The van der Waals surface area contributed by atoms with Crippen molar-refractivity contribution in [1.29, 1.82) is 0 Å². The van der Waals surface area contributed by atoms with Crippen molar-refractivity contribution < 1.29 is 13.2 Å². The molecule has 0 unspecified atom stereocenters. The highest BCUT2D eigenvalue weighted by atomic mass is 32.2. The van der Waals surface area contributed by atoms with Gasteiger partial charge in [-0.2, -0.15) is 0 Å². The average molecular weight is 192 g/mol. The van der Waals surface area contributed by atoms with Crippen LogP contribution in [0.25, 0.3) is 0 Å². The molecule has 0 bridgehead atoms. The largest absolute Gasteiger partial charge is 0.315 e. The monoisotopic (exact) mass is 192 g/mol. The molecule has 0 spiro atoms. The van der Waals surface area contributed by atoms with E-state index in [1.54, 1.807) is 0 Å². The van der Waals surface area contributed by atoms with Gasteiger partial charge in [-0.3, -0.25) is 9.52 Å². The molecule has 1 fully saturated rings. The Balaban J connectivity index is 2.45. The lowest BCUT2D eigenvalue weighted by molar-refractivity contribution is -0.124. The van der Waals surface area contributed by atoms with Gasteiger partial charge in [0.1, 0.15) is 0 Å². The molecule has 0 aromatic rings. The maximum absolute atomic E-state index is 11.1. The van der Waals surface area contributed by atoms with Crippen molar-refractivity contribution in [3.05, 3.63) is 0 Å². The standard InChI is InChI=1S/C6H12N2O3S/c1-2-12(10,11)8-6(9)5-3-7-4-5/h5,7H,2-4H2,1H3,(H,8,9). The van der Waals surface area contributed by atoms with Gasteiger partial charge in [-0.25, -0.2) is 8.42 Å². The average Bonchev–Trinajstić information content (AvgIpc) is 1.82. The Kier molecular flexibility index (Phi) is 2.69. The third-order valence-corrected chi connectivity index (χ3v) is 3.06. The summed E-state index contributed by atoms with van der Waals surface area (Å²) in [5.74, 6) is -0.624. The van der Waals surface area contributed by atoms with E-state index >= 15 is 0 Å². The van der Waals surface area contributed by atoms with Crippen molar-refractivity contribution in [2.45, 2.75) is 6.92 Å². The minimum atomic E-state index is -3.37. The summed E-state index contributed by atoms with van der Waals surface area (Å²) in [6.45, 7) is 2.64. The SMILES string of the molecule is CCS(=O)(=O)NC(=O)C1CNC1. The fraction of sp³-hybridized carbons (Fsp3) is 0.833. The number of carbonyl (C=O) groups is 1. The second-order valence-corrected chi connectivity index (χ2v) is 4.74. The summed E-state index contributed by atoms with van der Waals surface area (Å²) in [5.41, 5.74) is 0. The molecule has 1 aliphatic heterocycles. The Bertz CT molecular complexity index is 269. The van der Waals surface area contributed by atoms with Crippen LogP contribution < -0.4 is 10.0 Å². The molecule has 1 heterocycles. The quantitative estimate of drug-likeness (QED) is 0.581. The highest BCUT2D eigenvalue weighted by Crippen LogP contribution is 2.02. The summed E-state index contributed by atoms with van der Waals surface area (Å²) in [6.07, 6.45) is 0. The van der Waals surface area contributed by atoms with Gasteiger partial charge in [0.25, 0.3) is 0 Å². The molecule has 70 valence electrons. The first-order valence-electron chi connectivity index (χ1n) is 3.80. The van der Waals surface area contributed by atoms with Gasteiger partial charge in [-0.05, 0) is 6.92 Å². The van der Waals surface area contributed by atoms with Crippen LogP contribution in [-0.2, 0) is 14.8 Å². The van der Waals surface area contributed by atoms with Crippen molar-refractivity contribution in [2.24, 2.45) is 5.92 Å². The molecule has 0 radical (unpaired) electrons. The highest BCUT2D eigenvalue weighted by molar-refractivity contribution is 7.90. The molecule has 0 aromatic heterocycles. The van der Waals surface area contributed by atoms with Crippen LogP contribution in [0.5, 0.6) is 0 Å². The molecule has 1 amide bonds. The fourth-order valence-electron chi connectivity index (χ4n) is 0.783. The van der Waals surface area contributed by atoms with Crippen LogP contribution in [0.15, 0.2) is 0 Å². The first-order chi connectivity index (χ1) is 5.55. The van der Waals surface area contributed by atoms with E-state index in [1.165, 1.54) is 6.92 Å². The summed E-state index contributed by atoms with van der Waals surface area (Å²) in [5, 5.41) is 2.89. The minimum absolute atomic E-state index is 0.0567. The summed E-state index contributed by atoms with van der Waals surface area (Å²) >= 11 is 0. The number of hydrogen-bond acceptors (Lipinski definition) is 4. The van der Waals surface area contributed by atoms with Crippen molar-refractivity contribution in [2.75, 3.05) is 18.8 Å². The third kappa shape index (κ3) is 2.18. The molecule has 1 saturated heterocycles. The number of hydrogen-bond donors (Lipinski definition) is 2. The van der Waals surface area contributed by atoms with Gasteiger partial charge in [0.15, 0.2) is 0 Å². The third-order valence-electron chi connectivity index (χ3n) is 1.79. The zero-order valence-corrected chi connectivity index (χ0v) is 7.65. The van der Waals surface area contributed by atoms with Crippen molar-refractivity contribution in [3.63, 3.8) is 0 Å². The predicted octanol–water partition coefficient (Wildman–Crippen LogP) is -1.33. The Morgan fingerprint density at radius 2 is 2.17 bits per heavy atom. The molecule has 2 N–H and O–H groups in total. The zero-order chi connectivity index (χ0) is 9.19. The Hall–Kier alpha value is -0.620. The Labute approximate surface area is 71.6 Å². The van der Waals surface area contributed by atoms with Crippen LogP contribution in [0.1, 0.15) is 6.92 Å². The van der Waals surface area contributed by atoms with Crippen LogP contribution >= 0.6 is 0 Å². The van der Waals surface area contributed by atoms with Gasteiger partial charge < -0.3 is 5.32 Å². The molecule has 0 aliphatic carbocycles. The van der Waals surface area contributed by atoms with Gasteiger partial charge in [-0.15, -0.1) is 0 Å². The van der Waals surface area contributed by atoms with Crippen LogP contribution in [0.4, 0.5) is 0 Å². The van der Waals surface area contributed by atoms with Crippen LogP contribution in [0.3, 0.4) is 0 Å². The molecule has 0 atom stereocenters. The van der Waals surface area contributed by atoms with Gasteiger partial charge in [-0.1, -0.05) is 0 Å². The van der Waals surface area contributed by atoms with E-state index in [-0.39, 0.29) is 11.7 Å². The molecule has 0 saturated carbocycles. The van der Waals surface area contributed by atoms with Crippen LogP contribution in [0.2, 0.25) is 0 Å². The first-order valence-corrected chi connectivity index (χ1v) is 5.45. The minimum Gasteiger partial charge on any atom is -0.315 e. The molecule has 1 aliphatic rings. The highest BCUT2D eigenvalue weighted by Gasteiger charge is 2.27. The van der Waals surface area contributed by atoms with E-state index in [2.05, 4.69) is 5.32 Å². The molecular formula is C6H12N2O3S. The lowest BCUT2D eigenvalue weighted by Gasteiger charge is -2.25. The number of rotatable bonds is 3. The van der Waals surface area contributed by atoms with Crippen LogP contribution in [-0.4, -0.2) is 33.2 Å². The van der Waals surface area contributed by atoms with Crippen LogP contribution in [0, 0.1) is 5.92 Å². The molecule has 5 nitrogen and oxygen atoms in total. The smallest absolute Gasteiger partial charge is 0.239 e. The maximum atomic E-state index is 11.1. The van der Waals surface area contributed by atoms with Gasteiger partial charge >= 0.3 is 0 Å². The maximum Gasteiger partial charge on any atom is 0.239 e. The molecule has 1 rings (SSSR count).